The molecule has 0 unspecified atom stereocenters. The molecule has 0 amide bonds. The van der Waals surface area contributed by atoms with Crippen molar-refractivity contribution in [2.45, 2.75) is 6.54 Å². The Kier molecular flexibility index (Phi) is 2.45. The number of hydrogen-bond acceptors (Lipinski definition) is 6. The summed E-state index contributed by atoms with van der Waals surface area (Å²) >= 11 is 1.45. The number of thiazole rings is 1. The summed E-state index contributed by atoms with van der Waals surface area (Å²) in [6, 6.07) is 4.54. The molecule has 2 aromatic heterocycles. The first-order valence-corrected chi connectivity index (χ1v) is 5.68. The number of benzene rings is 1. The predicted molar refractivity (Wildman–Crippen MR) is 61.2 cm³/mol. The van der Waals surface area contributed by atoms with E-state index in [1.807, 2.05) is 0 Å². The number of aromatic nitrogens is 3. The molecular weight excluding hydrogens is 243 g/mol. The van der Waals surface area contributed by atoms with Crippen molar-refractivity contribution >= 4 is 26.7 Å². The molecule has 1 N–H and O–H groups in total. The van der Waals surface area contributed by atoms with Gasteiger partial charge in [0.15, 0.2) is 11.0 Å². The summed E-state index contributed by atoms with van der Waals surface area (Å²) in [5.41, 5.74) is 0.644. The summed E-state index contributed by atoms with van der Waals surface area (Å²) in [5, 5.41) is 7.43. The van der Waals surface area contributed by atoms with Gasteiger partial charge in [0.25, 0.3) is 0 Å². The lowest BCUT2D eigenvalue weighted by molar-refractivity contribution is 0.411. The highest BCUT2D eigenvalue weighted by Gasteiger charge is 2.05. The van der Waals surface area contributed by atoms with Crippen LogP contribution in [-0.2, 0) is 6.54 Å². The minimum atomic E-state index is -0.285. The van der Waals surface area contributed by atoms with Gasteiger partial charge in [0.1, 0.15) is 5.82 Å². The smallest absolute Gasteiger partial charge is 0.213 e. The van der Waals surface area contributed by atoms with Crippen molar-refractivity contribution in [2.75, 3.05) is 5.32 Å². The van der Waals surface area contributed by atoms with Crippen LogP contribution >= 0.6 is 11.3 Å². The fraction of sp³-hybridized carbons (Fsp3) is 0.100. The van der Waals surface area contributed by atoms with E-state index in [2.05, 4.69) is 25.0 Å². The first-order chi connectivity index (χ1) is 8.31. The summed E-state index contributed by atoms with van der Waals surface area (Å²) in [6.07, 6.45) is 1.27. The van der Waals surface area contributed by atoms with Gasteiger partial charge in [-0.05, 0) is 12.1 Å². The van der Waals surface area contributed by atoms with Crippen molar-refractivity contribution in [1.29, 1.82) is 0 Å². The zero-order chi connectivity index (χ0) is 11.7. The van der Waals surface area contributed by atoms with E-state index in [0.717, 1.165) is 4.70 Å². The van der Waals surface area contributed by atoms with Gasteiger partial charge in [-0.15, -0.1) is 0 Å². The van der Waals surface area contributed by atoms with Crippen LogP contribution in [0.25, 0.3) is 10.2 Å². The molecule has 0 bridgehead atoms. The number of halogens is 1. The van der Waals surface area contributed by atoms with Crippen LogP contribution in [0.3, 0.4) is 0 Å². The molecule has 1 aromatic carbocycles. The maximum atomic E-state index is 13.0. The summed E-state index contributed by atoms with van der Waals surface area (Å²) < 4.78 is 18.5. The predicted octanol–water partition coefficient (Wildman–Crippen LogP) is 2.43. The van der Waals surface area contributed by atoms with Crippen molar-refractivity contribution in [3.8, 4) is 0 Å². The van der Waals surface area contributed by atoms with Crippen molar-refractivity contribution in [3.05, 3.63) is 36.2 Å². The number of anilines is 1. The van der Waals surface area contributed by atoms with Gasteiger partial charge < -0.3 is 9.84 Å². The molecule has 0 atom stereocenters. The van der Waals surface area contributed by atoms with E-state index in [1.54, 1.807) is 6.07 Å². The van der Waals surface area contributed by atoms with Crippen LogP contribution in [0.2, 0.25) is 0 Å². The van der Waals surface area contributed by atoms with Crippen LogP contribution in [0.4, 0.5) is 9.52 Å². The topological polar surface area (TPSA) is 63.8 Å². The molecule has 0 saturated heterocycles. The van der Waals surface area contributed by atoms with E-state index >= 15 is 0 Å². The molecule has 0 aliphatic heterocycles. The minimum absolute atomic E-state index is 0.285. The third-order valence-electron chi connectivity index (χ3n) is 2.15. The molecule has 2 heterocycles. The standard InChI is InChI=1S/C10H7FN4OS/c11-6-1-2-8-7(3-6)14-10(17-8)12-4-9-13-5-16-15-9/h1-3,5H,4H2,(H,12,14). The number of fused-ring (bicyclic) bond motifs is 1. The second kappa shape index (κ2) is 4.10. The van der Waals surface area contributed by atoms with Crippen molar-refractivity contribution in [2.24, 2.45) is 0 Å². The monoisotopic (exact) mass is 250 g/mol. The highest BCUT2D eigenvalue weighted by molar-refractivity contribution is 7.22. The van der Waals surface area contributed by atoms with Gasteiger partial charge >= 0.3 is 0 Å². The number of nitrogens with one attached hydrogen (secondary N) is 1. The third kappa shape index (κ3) is 2.09. The van der Waals surface area contributed by atoms with E-state index in [4.69, 9.17) is 0 Å². The Morgan fingerprint density at radius 2 is 2.35 bits per heavy atom. The van der Waals surface area contributed by atoms with E-state index in [-0.39, 0.29) is 5.82 Å². The second-order valence-electron chi connectivity index (χ2n) is 3.33. The molecule has 5 nitrogen and oxygen atoms in total. The van der Waals surface area contributed by atoms with Crippen LogP contribution in [0, 0.1) is 5.82 Å². The van der Waals surface area contributed by atoms with Crippen molar-refractivity contribution in [3.63, 3.8) is 0 Å². The number of hydrogen-bond donors (Lipinski definition) is 1. The molecule has 17 heavy (non-hydrogen) atoms. The van der Waals surface area contributed by atoms with Gasteiger partial charge in [-0.25, -0.2) is 9.37 Å². The highest BCUT2D eigenvalue weighted by atomic mass is 32.1. The van der Waals surface area contributed by atoms with Gasteiger partial charge in [0.05, 0.1) is 16.8 Å². The maximum absolute atomic E-state index is 13.0. The molecule has 0 fully saturated rings. The van der Waals surface area contributed by atoms with E-state index < -0.39 is 0 Å². The normalized spacial score (nSPS) is 10.9. The average molecular weight is 250 g/mol. The Labute approximate surface area is 99.3 Å². The zero-order valence-corrected chi connectivity index (χ0v) is 9.37. The Hall–Kier alpha value is -2.02. The van der Waals surface area contributed by atoms with Gasteiger partial charge in [-0.3, -0.25) is 0 Å². The molecule has 0 saturated carbocycles. The van der Waals surface area contributed by atoms with Crippen molar-refractivity contribution in [1.82, 2.24) is 15.1 Å². The van der Waals surface area contributed by atoms with Crippen LogP contribution < -0.4 is 5.32 Å². The molecular formula is C10H7FN4OS. The van der Waals surface area contributed by atoms with Crippen LogP contribution in [0.1, 0.15) is 5.82 Å². The quantitative estimate of drug-likeness (QED) is 0.773. The molecule has 0 spiro atoms. The lowest BCUT2D eigenvalue weighted by Gasteiger charge is -1.95. The first-order valence-electron chi connectivity index (χ1n) is 4.86. The van der Waals surface area contributed by atoms with Crippen molar-refractivity contribution < 1.29 is 8.91 Å². The molecule has 0 aliphatic carbocycles. The summed E-state index contributed by atoms with van der Waals surface area (Å²) in [4.78, 5) is 8.13. The molecule has 86 valence electrons. The Morgan fingerprint density at radius 3 is 3.18 bits per heavy atom. The fourth-order valence-electron chi connectivity index (χ4n) is 1.40. The average Bonchev–Trinajstić information content (AvgIpc) is 2.94. The molecule has 3 aromatic rings. The van der Waals surface area contributed by atoms with Gasteiger partial charge in [0, 0.05) is 6.07 Å². The lowest BCUT2D eigenvalue weighted by atomic mass is 10.3. The second-order valence-corrected chi connectivity index (χ2v) is 4.36. The number of rotatable bonds is 3. The highest BCUT2D eigenvalue weighted by Crippen LogP contribution is 2.26. The fourth-order valence-corrected chi connectivity index (χ4v) is 2.24. The van der Waals surface area contributed by atoms with Gasteiger partial charge in [-0.1, -0.05) is 16.5 Å². The van der Waals surface area contributed by atoms with Crippen LogP contribution in [0.15, 0.2) is 29.1 Å². The summed E-state index contributed by atoms with van der Waals surface area (Å²) in [5.74, 6) is 0.267. The molecule has 3 rings (SSSR count). The zero-order valence-electron chi connectivity index (χ0n) is 8.55. The third-order valence-corrected chi connectivity index (χ3v) is 3.15. The summed E-state index contributed by atoms with van der Waals surface area (Å²) in [7, 11) is 0. The largest absolute Gasteiger partial charge is 0.354 e. The lowest BCUT2D eigenvalue weighted by Crippen LogP contribution is -2.00. The SMILES string of the molecule is Fc1ccc2sc(NCc3ncon3)nc2c1. The summed E-state index contributed by atoms with van der Waals surface area (Å²) in [6.45, 7) is 0.429. The molecule has 7 heteroatoms. The van der Waals surface area contributed by atoms with E-state index in [0.29, 0.717) is 23.0 Å². The molecule has 0 radical (unpaired) electrons. The van der Waals surface area contributed by atoms with Gasteiger partial charge in [0.2, 0.25) is 6.39 Å². The number of nitrogens with zero attached hydrogens (tertiary/aromatic N) is 3. The Balaban J connectivity index is 1.81. The van der Waals surface area contributed by atoms with Crippen LogP contribution in [-0.4, -0.2) is 15.1 Å². The van der Waals surface area contributed by atoms with Gasteiger partial charge in [-0.2, -0.15) is 4.98 Å². The minimum Gasteiger partial charge on any atom is -0.354 e. The first kappa shape index (κ1) is 10.2. The van der Waals surface area contributed by atoms with E-state index in [1.165, 1.54) is 29.9 Å². The van der Waals surface area contributed by atoms with Crippen LogP contribution in [0.5, 0.6) is 0 Å². The Morgan fingerprint density at radius 1 is 1.41 bits per heavy atom. The Bertz CT molecular complexity index is 637. The molecule has 0 aliphatic rings. The van der Waals surface area contributed by atoms with E-state index in [9.17, 15) is 4.39 Å². The maximum Gasteiger partial charge on any atom is 0.213 e.